The van der Waals surface area contributed by atoms with Crippen LogP contribution in [0.2, 0.25) is 0 Å². The highest BCUT2D eigenvalue weighted by atomic mass is 16.6. The van der Waals surface area contributed by atoms with E-state index in [4.69, 9.17) is 0 Å². The maximum absolute atomic E-state index is 12.1. The van der Waals surface area contributed by atoms with Gasteiger partial charge in [-0.2, -0.15) is 5.10 Å². The van der Waals surface area contributed by atoms with Crippen molar-refractivity contribution in [1.82, 2.24) is 20.0 Å². The van der Waals surface area contributed by atoms with E-state index in [2.05, 4.69) is 29.2 Å². The second kappa shape index (κ2) is 12.4. The highest BCUT2D eigenvalue weighted by Crippen LogP contribution is 2.07. The number of rotatable bonds is 14. The number of nitrogens with zero attached hydrogens (tertiary/aromatic N) is 4. The zero-order valence-corrected chi connectivity index (χ0v) is 16.3. The summed E-state index contributed by atoms with van der Waals surface area (Å²) < 4.78 is 1.29. The van der Waals surface area contributed by atoms with Crippen LogP contribution in [0.15, 0.2) is 12.4 Å². The van der Waals surface area contributed by atoms with Crippen LogP contribution in [-0.4, -0.2) is 51.2 Å². The van der Waals surface area contributed by atoms with Crippen LogP contribution in [-0.2, 0) is 11.3 Å². The van der Waals surface area contributed by atoms with Crippen molar-refractivity contribution in [2.75, 3.05) is 19.6 Å². The smallest absolute Gasteiger partial charge is 0.307 e. The summed E-state index contributed by atoms with van der Waals surface area (Å²) in [5.74, 6) is -0.183. The Balaban J connectivity index is 2.43. The lowest BCUT2D eigenvalue weighted by molar-refractivity contribution is -0.385. The van der Waals surface area contributed by atoms with Gasteiger partial charge < -0.3 is 10.2 Å². The van der Waals surface area contributed by atoms with Gasteiger partial charge in [-0.25, -0.2) is 0 Å². The second-order valence-electron chi connectivity index (χ2n) is 6.84. The topological polar surface area (TPSA) is 93.3 Å². The van der Waals surface area contributed by atoms with E-state index >= 15 is 0 Å². The maximum Gasteiger partial charge on any atom is 0.307 e. The van der Waals surface area contributed by atoms with Gasteiger partial charge in [0, 0.05) is 12.6 Å². The number of hydrogen-bond acceptors (Lipinski definition) is 5. The van der Waals surface area contributed by atoms with E-state index in [-0.39, 0.29) is 24.2 Å². The Morgan fingerprint density at radius 2 is 1.88 bits per heavy atom. The van der Waals surface area contributed by atoms with Gasteiger partial charge in [-0.3, -0.25) is 19.6 Å². The number of unbranched alkanes of at least 4 members (excludes halogenated alkanes) is 4. The van der Waals surface area contributed by atoms with Crippen molar-refractivity contribution in [2.45, 2.75) is 71.9 Å². The van der Waals surface area contributed by atoms with Crippen molar-refractivity contribution in [3.05, 3.63) is 22.5 Å². The molecule has 0 fully saturated rings. The van der Waals surface area contributed by atoms with Gasteiger partial charge in [0.05, 0.1) is 4.92 Å². The Morgan fingerprint density at radius 3 is 2.38 bits per heavy atom. The molecule has 1 unspecified atom stereocenters. The van der Waals surface area contributed by atoms with Crippen LogP contribution in [0.25, 0.3) is 0 Å². The highest BCUT2D eigenvalue weighted by Gasteiger charge is 2.15. The van der Waals surface area contributed by atoms with Crippen LogP contribution >= 0.6 is 0 Å². The van der Waals surface area contributed by atoms with Crippen LogP contribution in [0.5, 0.6) is 0 Å². The summed E-state index contributed by atoms with van der Waals surface area (Å²) in [6.45, 7) is 9.32. The minimum Gasteiger partial charge on any atom is -0.351 e. The van der Waals surface area contributed by atoms with Gasteiger partial charge >= 0.3 is 5.69 Å². The molecule has 0 bridgehead atoms. The minimum absolute atomic E-state index is 0.0101. The zero-order valence-electron chi connectivity index (χ0n) is 16.3. The Kier molecular flexibility index (Phi) is 10.5. The van der Waals surface area contributed by atoms with Gasteiger partial charge in [-0.15, -0.1) is 0 Å². The fraction of sp³-hybridized carbons (Fsp3) is 0.778. The Hall–Kier alpha value is -1.96. The lowest BCUT2D eigenvalue weighted by atomic mass is 10.2. The summed E-state index contributed by atoms with van der Waals surface area (Å²) in [5, 5.41) is 17.5. The first-order valence-corrected chi connectivity index (χ1v) is 9.64. The van der Waals surface area contributed by atoms with Crippen molar-refractivity contribution in [2.24, 2.45) is 0 Å². The Morgan fingerprint density at radius 1 is 1.27 bits per heavy atom. The quantitative estimate of drug-likeness (QED) is 0.310. The molecule has 1 amide bonds. The molecule has 1 aromatic rings. The van der Waals surface area contributed by atoms with Crippen molar-refractivity contribution >= 4 is 11.6 Å². The predicted molar refractivity (Wildman–Crippen MR) is 102 cm³/mol. The van der Waals surface area contributed by atoms with Crippen LogP contribution in [0.3, 0.4) is 0 Å². The highest BCUT2D eigenvalue weighted by molar-refractivity contribution is 5.75. The molecule has 0 aliphatic rings. The fourth-order valence-electron chi connectivity index (χ4n) is 2.90. The second-order valence-corrected chi connectivity index (χ2v) is 6.84. The van der Waals surface area contributed by atoms with E-state index in [1.807, 2.05) is 6.92 Å². The number of carbonyl (C=O) groups is 1. The van der Waals surface area contributed by atoms with E-state index in [1.165, 1.54) is 49.4 Å². The molecule has 8 heteroatoms. The number of nitro groups is 1. The van der Waals surface area contributed by atoms with Gasteiger partial charge in [-0.1, -0.05) is 39.5 Å². The lowest BCUT2D eigenvalue weighted by Gasteiger charge is -2.26. The molecule has 1 aromatic heterocycles. The summed E-state index contributed by atoms with van der Waals surface area (Å²) in [7, 11) is 0. The van der Waals surface area contributed by atoms with E-state index in [9.17, 15) is 14.9 Å². The average molecular weight is 367 g/mol. The van der Waals surface area contributed by atoms with Gasteiger partial charge in [-0.05, 0) is 32.9 Å². The normalized spacial score (nSPS) is 12.3. The summed E-state index contributed by atoms with van der Waals surface area (Å²) in [4.78, 5) is 24.7. The molecule has 0 aromatic carbocycles. The van der Waals surface area contributed by atoms with E-state index in [0.717, 1.165) is 25.8 Å². The molecule has 0 saturated heterocycles. The van der Waals surface area contributed by atoms with Gasteiger partial charge in [0.25, 0.3) is 0 Å². The fourth-order valence-corrected chi connectivity index (χ4v) is 2.90. The number of carbonyl (C=O) groups excluding carboxylic acids is 1. The molecule has 148 valence electrons. The van der Waals surface area contributed by atoms with Gasteiger partial charge in [0.2, 0.25) is 5.91 Å². The molecule has 0 spiro atoms. The molecule has 1 N–H and O–H groups in total. The van der Waals surface area contributed by atoms with Crippen molar-refractivity contribution < 1.29 is 9.72 Å². The summed E-state index contributed by atoms with van der Waals surface area (Å²) in [6.07, 6.45) is 9.63. The molecule has 8 nitrogen and oxygen atoms in total. The summed E-state index contributed by atoms with van der Waals surface area (Å²) in [5.41, 5.74) is -0.108. The standard InChI is InChI=1S/C18H33N5O3/c1-4-6-8-10-21(11-9-7-5-2)13-16(3)20-18(24)15-22-14-17(12-19-22)23(25)26/h12,14,16H,4-11,13,15H2,1-3H3,(H,20,24). The summed E-state index contributed by atoms with van der Waals surface area (Å²) in [6, 6.07) is 0.0244. The van der Waals surface area contributed by atoms with Crippen molar-refractivity contribution in [3.63, 3.8) is 0 Å². The molecule has 1 rings (SSSR count). The zero-order chi connectivity index (χ0) is 19.4. The molecule has 26 heavy (non-hydrogen) atoms. The molecule has 0 radical (unpaired) electrons. The number of nitrogens with one attached hydrogen (secondary N) is 1. The van der Waals surface area contributed by atoms with Gasteiger partial charge in [0.1, 0.15) is 18.9 Å². The number of aromatic nitrogens is 2. The van der Waals surface area contributed by atoms with Crippen LogP contribution in [0.1, 0.15) is 59.3 Å². The largest absolute Gasteiger partial charge is 0.351 e. The Labute approximate surface area is 156 Å². The van der Waals surface area contributed by atoms with Crippen molar-refractivity contribution in [3.8, 4) is 0 Å². The van der Waals surface area contributed by atoms with Crippen molar-refractivity contribution in [1.29, 1.82) is 0 Å². The predicted octanol–water partition coefficient (Wildman–Crippen LogP) is 2.98. The van der Waals surface area contributed by atoms with Crippen LogP contribution in [0.4, 0.5) is 5.69 Å². The van der Waals surface area contributed by atoms with Gasteiger partial charge in [0.15, 0.2) is 0 Å². The molecule has 0 aliphatic heterocycles. The lowest BCUT2D eigenvalue weighted by Crippen LogP contribution is -2.43. The minimum atomic E-state index is -0.519. The third kappa shape index (κ3) is 8.94. The van der Waals surface area contributed by atoms with Crippen LogP contribution in [0, 0.1) is 10.1 Å². The number of amides is 1. The molecule has 1 heterocycles. The maximum atomic E-state index is 12.1. The average Bonchev–Trinajstić information content (AvgIpc) is 3.03. The first-order chi connectivity index (χ1) is 12.5. The molecule has 0 aliphatic carbocycles. The summed E-state index contributed by atoms with van der Waals surface area (Å²) >= 11 is 0. The third-order valence-electron chi connectivity index (χ3n) is 4.23. The van der Waals surface area contributed by atoms with Crippen LogP contribution < -0.4 is 5.32 Å². The first-order valence-electron chi connectivity index (χ1n) is 9.64. The molecule has 1 atom stereocenters. The van der Waals surface area contributed by atoms with E-state index in [0.29, 0.717) is 0 Å². The first kappa shape index (κ1) is 22.1. The number of hydrogen-bond donors (Lipinski definition) is 1. The van der Waals surface area contributed by atoms with E-state index < -0.39 is 4.92 Å². The monoisotopic (exact) mass is 367 g/mol. The molecule has 0 saturated carbocycles. The molecular weight excluding hydrogens is 334 g/mol. The molecular formula is C18H33N5O3. The Bertz CT molecular complexity index is 537. The third-order valence-corrected chi connectivity index (χ3v) is 4.23. The van der Waals surface area contributed by atoms with E-state index in [1.54, 1.807) is 0 Å². The SMILES string of the molecule is CCCCCN(CCCCC)CC(C)NC(=O)Cn1cc([N+](=O)[O-])cn1.